The van der Waals surface area contributed by atoms with E-state index < -0.39 is 0 Å². The first kappa shape index (κ1) is 18.8. The van der Waals surface area contributed by atoms with E-state index in [0.29, 0.717) is 13.2 Å². The molecule has 134 valence electrons. The molecule has 4 nitrogen and oxygen atoms in total. The molecular formula is C21H28N2O2. The highest BCUT2D eigenvalue weighted by molar-refractivity contribution is 5.80. The van der Waals surface area contributed by atoms with Gasteiger partial charge in [0.25, 0.3) is 0 Å². The van der Waals surface area contributed by atoms with Crippen LogP contribution in [0.5, 0.6) is 11.5 Å². The molecule has 2 aromatic rings. The zero-order valence-corrected chi connectivity index (χ0v) is 15.2. The molecule has 0 spiro atoms. The number of unbranched alkanes of at least 4 members (excludes halogenated alkanes) is 2. The van der Waals surface area contributed by atoms with Gasteiger partial charge in [0.1, 0.15) is 0 Å². The fourth-order valence-electron chi connectivity index (χ4n) is 2.38. The van der Waals surface area contributed by atoms with Gasteiger partial charge in [-0.15, -0.1) is 0 Å². The lowest BCUT2D eigenvalue weighted by Gasteiger charge is -2.12. The summed E-state index contributed by atoms with van der Waals surface area (Å²) in [6.07, 6.45) is 5.23. The van der Waals surface area contributed by atoms with Gasteiger partial charge >= 0.3 is 0 Å². The summed E-state index contributed by atoms with van der Waals surface area (Å²) < 4.78 is 11.5. The molecule has 0 aliphatic heterocycles. The van der Waals surface area contributed by atoms with Crippen LogP contribution in [0.3, 0.4) is 0 Å². The first-order chi connectivity index (χ1) is 12.3. The lowest BCUT2D eigenvalue weighted by Crippen LogP contribution is -2.05. The van der Waals surface area contributed by atoms with Crippen LogP contribution in [0.4, 0.5) is 0 Å². The summed E-state index contributed by atoms with van der Waals surface area (Å²) in [7, 11) is 0. The number of hydrogen-bond acceptors (Lipinski definition) is 4. The molecule has 0 atom stereocenters. The highest BCUT2D eigenvalue weighted by Crippen LogP contribution is 2.28. The summed E-state index contributed by atoms with van der Waals surface area (Å²) in [5.74, 6) is 1.57. The molecule has 0 aliphatic rings. The second kappa shape index (κ2) is 11.1. The predicted octanol–water partition coefficient (Wildman–Crippen LogP) is 4.78. The zero-order chi connectivity index (χ0) is 17.7. The van der Waals surface area contributed by atoms with Crippen molar-refractivity contribution in [3.63, 3.8) is 0 Å². The first-order valence-electron chi connectivity index (χ1n) is 9.03. The highest BCUT2D eigenvalue weighted by Gasteiger charge is 2.05. The summed E-state index contributed by atoms with van der Waals surface area (Å²) in [5, 5.41) is 4.28. The van der Waals surface area contributed by atoms with Crippen molar-refractivity contribution in [1.82, 2.24) is 5.43 Å². The van der Waals surface area contributed by atoms with Gasteiger partial charge in [-0.25, -0.2) is 0 Å². The van der Waals surface area contributed by atoms with Crippen LogP contribution < -0.4 is 14.9 Å². The van der Waals surface area contributed by atoms with Gasteiger partial charge in [-0.3, -0.25) is 0 Å². The third kappa shape index (κ3) is 6.87. The average molecular weight is 340 g/mol. The Labute approximate surface area is 150 Å². The number of ether oxygens (including phenoxy) is 2. The third-order valence-electron chi connectivity index (χ3n) is 3.70. The molecule has 25 heavy (non-hydrogen) atoms. The Morgan fingerprint density at radius 2 is 1.80 bits per heavy atom. The molecular weight excluding hydrogens is 312 g/mol. The number of nitrogens with zero attached hydrogens (tertiary/aromatic N) is 1. The summed E-state index contributed by atoms with van der Waals surface area (Å²) in [6, 6.07) is 16.1. The SMILES string of the molecule is CCCCCOc1ccc(C=NNCc2ccccc2)cc1OCC. The number of hydrazone groups is 1. The quantitative estimate of drug-likeness (QED) is 0.364. The Bertz CT molecular complexity index is 642. The van der Waals surface area contributed by atoms with E-state index in [1.165, 1.54) is 18.4 Å². The third-order valence-corrected chi connectivity index (χ3v) is 3.70. The number of rotatable bonds is 11. The second-order valence-corrected chi connectivity index (χ2v) is 5.77. The van der Waals surface area contributed by atoms with Gasteiger partial charge in [0.2, 0.25) is 0 Å². The molecule has 4 heteroatoms. The van der Waals surface area contributed by atoms with Crippen LogP contribution in [0.2, 0.25) is 0 Å². The van der Waals surface area contributed by atoms with Gasteiger partial charge in [0, 0.05) is 0 Å². The molecule has 0 aliphatic carbocycles. The summed E-state index contributed by atoms with van der Waals surface area (Å²) in [5.41, 5.74) is 5.24. The summed E-state index contributed by atoms with van der Waals surface area (Å²) in [4.78, 5) is 0. The van der Waals surface area contributed by atoms with Crippen molar-refractivity contribution in [2.24, 2.45) is 5.10 Å². The lowest BCUT2D eigenvalue weighted by atomic mass is 10.2. The number of hydrogen-bond donors (Lipinski definition) is 1. The molecule has 0 amide bonds. The van der Waals surface area contributed by atoms with Gasteiger partial charge in [0.15, 0.2) is 11.5 Å². The monoisotopic (exact) mass is 340 g/mol. The maximum Gasteiger partial charge on any atom is 0.161 e. The Balaban J connectivity index is 1.91. The van der Waals surface area contributed by atoms with Gasteiger partial charge in [0.05, 0.1) is 26.0 Å². The van der Waals surface area contributed by atoms with Crippen molar-refractivity contribution >= 4 is 6.21 Å². The summed E-state index contributed by atoms with van der Waals surface area (Å²) >= 11 is 0. The van der Waals surface area contributed by atoms with E-state index in [1.54, 1.807) is 6.21 Å². The Morgan fingerprint density at radius 3 is 2.56 bits per heavy atom. The molecule has 0 fully saturated rings. The van der Waals surface area contributed by atoms with Crippen LogP contribution in [0, 0.1) is 0 Å². The summed E-state index contributed by atoms with van der Waals surface area (Å²) in [6.45, 7) is 6.20. The van der Waals surface area contributed by atoms with Crippen LogP contribution >= 0.6 is 0 Å². The van der Waals surface area contributed by atoms with Crippen LogP contribution in [-0.4, -0.2) is 19.4 Å². The second-order valence-electron chi connectivity index (χ2n) is 5.77. The molecule has 0 unspecified atom stereocenters. The van der Waals surface area contributed by atoms with Crippen LogP contribution in [0.1, 0.15) is 44.2 Å². The van der Waals surface area contributed by atoms with E-state index in [1.807, 2.05) is 43.3 Å². The minimum absolute atomic E-state index is 0.609. The first-order valence-corrected chi connectivity index (χ1v) is 9.03. The standard InChI is InChI=1S/C21H28N2O2/c1-3-5-9-14-25-20-13-12-19(15-21(20)24-4-2)17-23-22-16-18-10-7-6-8-11-18/h6-8,10-13,15,17,22H,3-5,9,14,16H2,1-2H3. The molecule has 1 N–H and O–H groups in total. The van der Waals surface area contributed by atoms with Crippen LogP contribution in [0.15, 0.2) is 53.6 Å². The Kier molecular flexibility index (Phi) is 8.39. The molecule has 0 bridgehead atoms. The minimum atomic E-state index is 0.609. The van der Waals surface area contributed by atoms with Crippen LogP contribution in [0.25, 0.3) is 0 Å². The van der Waals surface area contributed by atoms with Gasteiger partial charge in [-0.2, -0.15) is 5.10 Å². The van der Waals surface area contributed by atoms with Crippen molar-refractivity contribution in [1.29, 1.82) is 0 Å². The van der Waals surface area contributed by atoms with E-state index in [9.17, 15) is 0 Å². The van der Waals surface area contributed by atoms with Crippen molar-refractivity contribution in [3.05, 3.63) is 59.7 Å². The number of nitrogens with one attached hydrogen (secondary N) is 1. The van der Waals surface area contributed by atoms with Crippen molar-refractivity contribution < 1.29 is 9.47 Å². The molecule has 0 saturated heterocycles. The van der Waals surface area contributed by atoms with Gasteiger partial charge in [-0.1, -0.05) is 50.1 Å². The number of benzene rings is 2. The molecule has 0 saturated carbocycles. The van der Waals surface area contributed by atoms with E-state index >= 15 is 0 Å². The van der Waals surface area contributed by atoms with Crippen molar-refractivity contribution in [3.8, 4) is 11.5 Å². The Morgan fingerprint density at radius 1 is 0.960 bits per heavy atom. The molecule has 0 radical (unpaired) electrons. The Hall–Kier alpha value is -2.49. The topological polar surface area (TPSA) is 42.8 Å². The molecule has 2 rings (SSSR count). The molecule has 0 heterocycles. The largest absolute Gasteiger partial charge is 0.490 e. The fraction of sp³-hybridized carbons (Fsp3) is 0.381. The molecule has 0 aromatic heterocycles. The van der Waals surface area contributed by atoms with E-state index in [0.717, 1.165) is 30.1 Å². The lowest BCUT2D eigenvalue weighted by molar-refractivity contribution is 0.271. The fourth-order valence-corrected chi connectivity index (χ4v) is 2.38. The average Bonchev–Trinajstić information content (AvgIpc) is 2.65. The zero-order valence-electron chi connectivity index (χ0n) is 15.2. The minimum Gasteiger partial charge on any atom is -0.490 e. The van der Waals surface area contributed by atoms with Crippen molar-refractivity contribution in [2.75, 3.05) is 13.2 Å². The van der Waals surface area contributed by atoms with E-state index in [4.69, 9.17) is 9.47 Å². The smallest absolute Gasteiger partial charge is 0.161 e. The van der Waals surface area contributed by atoms with Crippen LogP contribution in [-0.2, 0) is 6.54 Å². The highest BCUT2D eigenvalue weighted by atomic mass is 16.5. The van der Waals surface area contributed by atoms with Crippen molar-refractivity contribution in [2.45, 2.75) is 39.7 Å². The van der Waals surface area contributed by atoms with E-state index in [2.05, 4.69) is 29.6 Å². The maximum atomic E-state index is 5.85. The molecule has 2 aromatic carbocycles. The normalized spacial score (nSPS) is 10.8. The predicted molar refractivity (Wildman–Crippen MR) is 104 cm³/mol. The maximum absolute atomic E-state index is 5.85. The van der Waals surface area contributed by atoms with Gasteiger partial charge < -0.3 is 14.9 Å². The van der Waals surface area contributed by atoms with E-state index in [-0.39, 0.29) is 0 Å². The van der Waals surface area contributed by atoms with Gasteiger partial charge in [-0.05, 0) is 42.7 Å².